The average Bonchev–Trinajstić information content (AvgIpc) is 3.26. The number of imide groups is 1. The molecule has 3 aliphatic heterocycles. The van der Waals surface area contributed by atoms with Crippen molar-refractivity contribution in [2.45, 2.75) is 37.8 Å². The molecule has 2 fully saturated rings. The maximum atomic E-state index is 13.8. The number of hydrogen-bond donors (Lipinski definition) is 2. The lowest BCUT2D eigenvalue weighted by Gasteiger charge is -2.42. The normalized spacial score (nSPS) is 24.0. The van der Waals surface area contributed by atoms with Crippen molar-refractivity contribution in [1.82, 2.24) is 19.7 Å². The van der Waals surface area contributed by atoms with Crippen LogP contribution in [0.15, 0.2) is 42.5 Å². The molecule has 1 aromatic heterocycles. The van der Waals surface area contributed by atoms with E-state index >= 15 is 0 Å². The van der Waals surface area contributed by atoms with Crippen molar-refractivity contribution in [3.8, 4) is 11.5 Å². The second-order valence-electron chi connectivity index (χ2n) is 10.0. The zero-order chi connectivity index (χ0) is 24.3. The molecule has 2 saturated heterocycles. The fourth-order valence-corrected chi connectivity index (χ4v) is 5.92. The Hall–Kier alpha value is -3.52. The van der Waals surface area contributed by atoms with Gasteiger partial charge in [-0.25, -0.2) is 4.79 Å². The Morgan fingerprint density at radius 1 is 1.14 bits per heavy atom. The number of hydrogen-bond acceptors (Lipinski definition) is 5. The minimum Gasteiger partial charge on any atom is -0.508 e. The number of aromatic amines is 1. The van der Waals surface area contributed by atoms with Crippen LogP contribution in [0.25, 0.3) is 10.9 Å². The van der Waals surface area contributed by atoms with Crippen molar-refractivity contribution in [3.63, 3.8) is 0 Å². The second kappa shape index (κ2) is 8.02. The molecule has 2 atom stereocenters. The summed E-state index contributed by atoms with van der Waals surface area (Å²) in [6.07, 6.45) is 2.40. The number of likely N-dealkylation sites (tertiary alicyclic amines) is 1. The van der Waals surface area contributed by atoms with E-state index in [9.17, 15) is 14.7 Å². The fourth-order valence-electron chi connectivity index (χ4n) is 5.92. The van der Waals surface area contributed by atoms with Gasteiger partial charge in [0.15, 0.2) is 0 Å². The SMILES string of the molecule is COc1ccc2[nH]c3c(c2c1)C[C@@]1(C)C(=O)N(CCCN2CCC2)C(=O)N1[C@@H]3c1cccc(O)c1. The number of aromatic nitrogens is 1. The van der Waals surface area contributed by atoms with Crippen LogP contribution < -0.4 is 4.74 Å². The second-order valence-corrected chi connectivity index (χ2v) is 10.0. The van der Waals surface area contributed by atoms with Crippen LogP contribution >= 0.6 is 0 Å². The summed E-state index contributed by atoms with van der Waals surface area (Å²) in [5.74, 6) is 0.708. The van der Waals surface area contributed by atoms with Gasteiger partial charge in [-0.05, 0) is 80.9 Å². The first kappa shape index (κ1) is 22.0. The number of amides is 3. The Kier molecular flexibility index (Phi) is 5.03. The summed E-state index contributed by atoms with van der Waals surface area (Å²) in [7, 11) is 1.64. The van der Waals surface area contributed by atoms with Crippen LogP contribution in [0.2, 0.25) is 0 Å². The molecule has 0 radical (unpaired) electrons. The number of nitrogens with zero attached hydrogens (tertiary/aromatic N) is 3. The molecule has 2 N–H and O–H groups in total. The van der Waals surface area contributed by atoms with Crippen LogP contribution in [-0.2, 0) is 11.2 Å². The lowest BCUT2D eigenvalue weighted by molar-refractivity contribution is -0.133. The first-order valence-electron chi connectivity index (χ1n) is 12.3. The molecule has 0 aliphatic carbocycles. The van der Waals surface area contributed by atoms with Crippen molar-refractivity contribution in [2.24, 2.45) is 0 Å². The highest BCUT2D eigenvalue weighted by atomic mass is 16.5. The van der Waals surface area contributed by atoms with Crippen LogP contribution in [0, 0.1) is 0 Å². The van der Waals surface area contributed by atoms with E-state index in [4.69, 9.17) is 4.74 Å². The van der Waals surface area contributed by atoms with E-state index in [1.54, 1.807) is 30.2 Å². The lowest BCUT2D eigenvalue weighted by atomic mass is 9.81. The van der Waals surface area contributed by atoms with Gasteiger partial charge in [-0.15, -0.1) is 0 Å². The number of benzene rings is 2. The Bertz CT molecular complexity index is 1330. The first-order valence-corrected chi connectivity index (χ1v) is 12.3. The van der Waals surface area contributed by atoms with E-state index < -0.39 is 11.6 Å². The van der Waals surface area contributed by atoms with Gasteiger partial charge in [-0.1, -0.05) is 12.1 Å². The molecule has 8 nitrogen and oxygen atoms in total. The zero-order valence-corrected chi connectivity index (χ0v) is 20.1. The number of ether oxygens (including phenoxy) is 1. The predicted octanol–water partition coefficient (Wildman–Crippen LogP) is 3.65. The molecule has 3 aromatic rings. The Labute approximate surface area is 204 Å². The number of nitrogens with one attached hydrogen (secondary N) is 1. The monoisotopic (exact) mass is 474 g/mol. The van der Waals surface area contributed by atoms with Crippen LogP contribution in [0.1, 0.15) is 42.6 Å². The summed E-state index contributed by atoms with van der Waals surface area (Å²) < 4.78 is 5.46. The number of fused-ring (bicyclic) bond motifs is 4. The van der Waals surface area contributed by atoms with E-state index in [1.807, 2.05) is 31.2 Å². The summed E-state index contributed by atoms with van der Waals surface area (Å²) in [5.41, 5.74) is 2.56. The summed E-state index contributed by atoms with van der Waals surface area (Å²) >= 11 is 0. The molecule has 8 heteroatoms. The highest BCUT2D eigenvalue weighted by Gasteiger charge is 2.60. The van der Waals surface area contributed by atoms with Gasteiger partial charge in [-0.3, -0.25) is 14.6 Å². The number of methoxy groups -OCH3 is 1. The van der Waals surface area contributed by atoms with E-state index in [1.165, 1.54) is 11.3 Å². The molecular weight excluding hydrogens is 444 g/mol. The summed E-state index contributed by atoms with van der Waals surface area (Å²) in [6, 6.07) is 12.0. The van der Waals surface area contributed by atoms with Gasteiger partial charge in [0.2, 0.25) is 0 Å². The Balaban J connectivity index is 1.45. The summed E-state index contributed by atoms with van der Waals surface area (Å²) in [5, 5.41) is 11.2. The molecule has 0 bridgehead atoms. The van der Waals surface area contributed by atoms with Crippen molar-refractivity contribution in [2.75, 3.05) is 33.3 Å². The molecule has 182 valence electrons. The molecule has 3 amide bonds. The number of rotatable bonds is 6. The number of aromatic hydroxyl groups is 1. The number of phenolic OH excluding ortho intramolecular Hbond substituents is 1. The van der Waals surface area contributed by atoms with Gasteiger partial charge >= 0.3 is 6.03 Å². The molecule has 3 aliphatic rings. The molecule has 35 heavy (non-hydrogen) atoms. The number of phenols is 1. The van der Waals surface area contributed by atoms with Crippen molar-refractivity contribution in [1.29, 1.82) is 0 Å². The molecule has 4 heterocycles. The highest BCUT2D eigenvalue weighted by molar-refractivity contribution is 6.08. The van der Waals surface area contributed by atoms with Gasteiger partial charge in [0.1, 0.15) is 23.1 Å². The third-order valence-corrected chi connectivity index (χ3v) is 7.86. The van der Waals surface area contributed by atoms with Gasteiger partial charge in [0.25, 0.3) is 5.91 Å². The minimum atomic E-state index is -1.02. The highest BCUT2D eigenvalue weighted by Crippen LogP contribution is 2.49. The number of carbonyl (C=O) groups is 2. The maximum absolute atomic E-state index is 13.8. The van der Waals surface area contributed by atoms with E-state index in [2.05, 4.69) is 9.88 Å². The lowest BCUT2D eigenvalue weighted by Crippen LogP contribution is -2.53. The number of urea groups is 1. The van der Waals surface area contributed by atoms with E-state index in [0.29, 0.717) is 13.0 Å². The van der Waals surface area contributed by atoms with E-state index in [-0.39, 0.29) is 17.7 Å². The molecule has 2 aromatic carbocycles. The quantitative estimate of drug-likeness (QED) is 0.533. The summed E-state index contributed by atoms with van der Waals surface area (Å²) in [4.78, 5) is 36.7. The predicted molar refractivity (Wildman–Crippen MR) is 132 cm³/mol. The number of H-pyrrole nitrogens is 1. The third kappa shape index (κ3) is 3.31. The Morgan fingerprint density at radius 3 is 2.69 bits per heavy atom. The Morgan fingerprint density at radius 2 is 1.97 bits per heavy atom. The topological polar surface area (TPSA) is 89.1 Å². The summed E-state index contributed by atoms with van der Waals surface area (Å²) in [6.45, 7) is 5.37. The van der Waals surface area contributed by atoms with Gasteiger partial charge in [0, 0.05) is 29.6 Å². The zero-order valence-electron chi connectivity index (χ0n) is 20.1. The van der Waals surface area contributed by atoms with Gasteiger partial charge < -0.3 is 19.7 Å². The van der Waals surface area contributed by atoms with E-state index in [0.717, 1.165) is 59.5 Å². The van der Waals surface area contributed by atoms with Crippen molar-refractivity contribution < 1.29 is 19.4 Å². The molecule has 0 saturated carbocycles. The third-order valence-electron chi connectivity index (χ3n) is 7.86. The average molecular weight is 475 g/mol. The fraction of sp³-hybridized carbons (Fsp3) is 0.407. The minimum absolute atomic E-state index is 0.124. The smallest absolute Gasteiger partial charge is 0.328 e. The molecule has 0 spiro atoms. The van der Waals surface area contributed by atoms with Crippen LogP contribution in [0.5, 0.6) is 11.5 Å². The molecular formula is C27H30N4O4. The van der Waals surface area contributed by atoms with Gasteiger partial charge in [-0.2, -0.15) is 0 Å². The van der Waals surface area contributed by atoms with Crippen LogP contribution in [0.4, 0.5) is 4.79 Å². The maximum Gasteiger partial charge on any atom is 0.328 e. The van der Waals surface area contributed by atoms with Crippen molar-refractivity contribution in [3.05, 3.63) is 59.3 Å². The molecule has 0 unspecified atom stereocenters. The standard InChI is InChI=1S/C27H30N4O4/c1-27-16-21-20-15-19(35-2)8-9-22(20)28-23(21)24(17-6-3-7-18(32)14-17)31(27)26(34)30(25(27)33)13-5-12-29-10-4-11-29/h3,6-9,14-15,24,28,32H,4-5,10-13,16H2,1-2H3/t24-,27+/m1/s1. The van der Waals surface area contributed by atoms with Crippen LogP contribution in [-0.4, -0.2) is 75.6 Å². The van der Waals surface area contributed by atoms with Gasteiger partial charge in [0.05, 0.1) is 7.11 Å². The van der Waals surface area contributed by atoms with Crippen molar-refractivity contribution >= 4 is 22.8 Å². The first-order chi connectivity index (χ1) is 16.9. The molecule has 6 rings (SSSR count). The van der Waals surface area contributed by atoms with Crippen LogP contribution in [0.3, 0.4) is 0 Å². The number of carbonyl (C=O) groups excluding carboxylic acids is 2. The largest absolute Gasteiger partial charge is 0.508 e.